The second-order valence-corrected chi connectivity index (χ2v) is 4.41. The van der Waals surface area contributed by atoms with Gasteiger partial charge in [0.05, 0.1) is 17.4 Å². The lowest BCUT2D eigenvalue weighted by atomic mass is 10.2. The van der Waals surface area contributed by atoms with Crippen molar-refractivity contribution >= 4 is 33.1 Å². The highest BCUT2D eigenvalue weighted by atomic mass is 79.9. The average molecular weight is 297 g/mol. The molecule has 2 rings (SSSR count). The molecule has 1 aromatic carbocycles. The molecule has 0 atom stereocenters. The van der Waals surface area contributed by atoms with Crippen molar-refractivity contribution in [3.05, 3.63) is 43.5 Å². The van der Waals surface area contributed by atoms with E-state index in [-0.39, 0.29) is 6.54 Å². The monoisotopic (exact) mass is 296 g/mol. The fourth-order valence-corrected chi connectivity index (χ4v) is 2.27. The molecule has 0 N–H and O–H groups in total. The van der Waals surface area contributed by atoms with Gasteiger partial charge >= 0.3 is 5.69 Å². The van der Waals surface area contributed by atoms with Crippen molar-refractivity contribution in [1.82, 2.24) is 9.13 Å². The van der Waals surface area contributed by atoms with Crippen LogP contribution in [-0.2, 0) is 18.4 Å². The number of fused-ring (bicyclic) bond motifs is 1. The van der Waals surface area contributed by atoms with E-state index in [1.54, 1.807) is 25.2 Å². The first-order valence-electron chi connectivity index (χ1n) is 4.89. The fraction of sp³-hybridized carbons (Fsp3) is 0.182. The first kappa shape index (κ1) is 11.8. The molecule has 2 aromatic rings. The second kappa shape index (κ2) is 4.29. The number of halogens is 1. The van der Waals surface area contributed by atoms with Crippen molar-refractivity contribution in [3.8, 4) is 0 Å². The van der Waals surface area contributed by atoms with E-state index in [1.165, 1.54) is 4.57 Å². The van der Waals surface area contributed by atoms with E-state index in [1.807, 2.05) is 0 Å². The molecule has 0 spiro atoms. The van der Waals surface area contributed by atoms with Crippen molar-refractivity contribution in [2.75, 3.05) is 0 Å². The van der Waals surface area contributed by atoms with Crippen LogP contribution in [0.25, 0.3) is 10.9 Å². The van der Waals surface area contributed by atoms with E-state index in [0.717, 1.165) is 4.57 Å². The first-order valence-corrected chi connectivity index (χ1v) is 5.69. The minimum atomic E-state index is -0.493. The summed E-state index contributed by atoms with van der Waals surface area (Å²) in [4.78, 5) is 34.4. The van der Waals surface area contributed by atoms with Crippen LogP contribution < -0.4 is 11.2 Å². The molecule has 0 saturated carbocycles. The number of benzene rings is 1. The molecule has 1 heterocycles. The Hall–Kier alpha value is -1.69. The molecule has 5 nitrogen and oxygen atoms in total. The van der Waals surface area contributed by atoms with Crippen LogP contribution in [0.1, 0.15) is 0 Å². The predicted octanol–water partition coefficient (Wildman–Crippen LogP) is 0.662. The molecule has 0 aliphatic carbocycles. The highest BCUT2D eigenvalue weighted by Crippen LogP contribution is 2.18. The van der Waals surface area contributed by atoms with Crippen molar-refractivity contribution in [2.45, 2.75) is 6.54 Å². The van der Waals surface area contributed by atoms with E-state index < -0.39 is 11.2 Å². The Bertz CT molecular complexity index is 715. The second-order valence-electron chi connectivity index (χ2n) is 3.56. The lowest BCUT2D eigenvalue weighted by Gasteiger charge is -2.09. The van der Waals surface area contributed by atoms with Crippen LogP contribution in [-0.4, -0.2) is 15.4 Å². The maximum absolute atomic E-state index is 12.1. The summed E-state index contributed by atoms with van der Waals surface area (Å²) in [6, 6.07) is 5.16. The van der Waals surface area contributed by atoms with Gasteiger partial charge in [0.15, 0.2) is 0 Å². The van der Waals surface area contributed by atoms with Gasteiger partial charge in [0.2, 0.25) is 0 Å². The normalized spacial score (nSPS) is 10.7. The third-order valence-electron chi connectivity index (χ3n) is 2.59. The van der Waals surface area contributed by atoms with Crippen molar-refractivity contribution in [3.63, 3.8) is 0 Å². The van der Waals surface area contributed by atoms with Crippen LogP contribution >= 0.6 is 15.9 Å². The van der Waals surface area contributed by atoms with Crippen molar-refractivity contribution < 1.29 is 4.79 Å². The van der Waals surface area contributed by atoms with Gasteiger partial charge in [0.25, 0.3) is 5.56 Å². The number of carbonyl (C=O) groups is 1. The summed E-state index contributed by atoms with van der Waals surface area (Å²) in [5, 5.41) is 0.399. The zero-order chi connectivity index (χ0) is 12.6. The number of rotatable bonds is 2. The first-order chi connectivity index (χ1) is 8.07. The fourth-order valence-electron chi connectivity index (χ4n) is 1.75. The molecule has 0 fully saturated rings. The topological polar surface area (TPSA) is 61.1 Å². The van der Waals surface area contributed by atoms with E-state index in [0.29, 0.717) is 21.7 Å². The summed E-state index contributed by atoms with van der Waals surface area (Å²) < 4.78 is 2.88. The number of hydrogen-bond donors (Lipinski definition) is 0. The summed E-state index contributed by atoms with van der Waals surface area (Å²) in [6.45, 7) is -0.233. The third kappa shape index (κ3) is 1.74. The Balaban J connectivity index is 3.07. The van der Waals surface area contributed by atoms with Crippen LogP contribution in [0.3, 0.4) is 0 Å². The summed E-state index contributed by atoms with van der Waals surface area (Å²) >= 11 is 3.27. The number of aryl methyl sites for hydroxylation is 1. The van der Waals surface area contributed by atoms with Gasteiger partial charge in [-0.05, 0) is 28.1 Å². The van der Waals surface area contributed by atoms with Gasteiger partial charge in [-0.1, -0.05) is 6.07 Å². The molecule has 88 valence electrons. The molecule has 0 bridgehead atoms. The Morgan fingerprint density at radius 2 is 2.06 bits per heavy atom. The molecular weight excluding hydrogens is 288 g/mol. The van der Waals surface area contributed by atoms with Gasteiger partial charge in [-0.15, -0.1) is 0 Å². The number of nitrogens with zero attached hydrogens (tertiary/aromatic N) is 2. The van der Waals surface area contributed by atoms with Gasteiger partial charge in [0, 0.05) is 11.5 Å². The van der Waals surface area contributed by atoms with Gasteiger partial charge in [0.1, 0.15) is 6.29 Å². The molecule has 0 saturated heterocycles. The minimum absolute atomic E-state index is 0.233. The van der Waals surface area contributed by atoms with E-state index >= 15 is 0 Å². The maximum atomic E-state index is 12.1. The van der Waals surface area contributed by atoms with Crippen LogP contribution in [0.2, 0.25) is 0 Å². The van der Waals surface area contributed by atoms with Crippen molar-refractivity contribution in [2.24, 2.45) is 7.05 Å². The summed E-state index contributed by atoms with van der Waals surface area (Å²) in [7, 11) is 1.57. The summed E-state index contributed by atoms with van der Waals surface area (Å²) in [5.41, 5.74) is -0.410. The minimum Gasteiger partial charge on any atom is -0.301 e. The molecule has 0 unspecified atom stereocenters. The van der Waals surface area contributed by atoms with Crippen LogP contribution in [0.15, 0.2) is 32.3 Å². The third-order valence-corrected chi connectivity index (χ3v) is 3.25. The zero-order valence-corrected chi connectivity index (χ0v) is 10.6. The molecule has 0 aliphatic heterocycles. The van der Waals surface area contributed by atoms with Gasteiger partial charge in [-0.2, -0.15) is 0 Å². The SMILES string of the molecule is Cn1c(=O)n(CC=O)c(=O)c2c(Br)cccc21. The number of aldehydes is 1. The van der Waals surface area contributed by atoms with Crippen LogP contribution in [0, 0.1) is 0 Å². The average Bonchev–Trinajstić information content (AvgIpc) is 2.31. The standard InChI is InChI=1S/C11H9BrN2O3/c1-13-8-4-2-3-7(12)9(8)10(16)14(5-6-15)11(13)17/h2-4,6H,5H2,1H3. The number of aromatic nitrogens is 2. The van der Waals surface area contributed by atoms with E-state index in [9.17, 15) is 14.4 Å². The Morgan fingerprint density at radius 3 is 2.71 bits per heavy atom. The van der Waals surface area contributed by atoms with Crippen LogP contribution in [0.4, 0.5) is 0 Å². The number of hydrogen-bond acceptors (Lipinski definition) is 3. The predicted molar refractivity (Wildman–Crippen MR) is 67.2 cm³/mol. The molecule has 6 heteroatoms. The Labute approximate surface area is 104 Å². The largest absolute Gasteiger partial charge is 0.331 e. The molecule has 0 amide bonds. The zero-order valence-electron chi connectivity index (χ0n) is 9.01. The molecule has 0 radical (unpaired) electrons. The summed E-state index contributed by atoms with van der Waals surface area (Å²) in [5.74, 6) is 0. The van der Waals surface area contributed by atoms with E-state index in [4.69, 9.17) is 0 Å². The Morgan fingerprint density at radius 1 is 1.35 bits per heavy atom. The lowest BCUT2D eigenvalue weighted by Crippen LogP contribution is -2.39. The van der Waals surface area contributed by atoms with E-state index in [2.05, 4.69) is 15.9 Å². The lowest BCUT2D eigenvalue weighted by molar-refractivity contribution is -0.108. The highest BCUT2D eigenvalue weighted by Gasteiger charge is 2.12. The maximum Gasteiger partial charge on any atom is 0.331 e. The molecule has 0 aliphatic rings. The van der Waals surface area contributed by atoms with Crippen molar-refractivity contribution in [1.29, 1.82) is 0 Å². The van der Waals surface area contributed by atoms with Gasteiger partial charge in [-0.3, -0.25) is 13.9 Å². The Kier molecular flexibility index (Phi) is 2.97. The molecular formula is C11H9BrN2O3. The van der Waals surface area contributed by atoms with Gasteiger partial charge in [-0.25, -0.2) is 4.79 Å². The highest BCUT2D eigenvalue weighted by molar-refractivity contribution is 9.10. The quantitative estimate of drug-likeness (QED) is 0.765. The summed E-state index contributed by atoms with van der Waals surface area (Å²) in [6.07, 6.45) is 0.533. The molecule has 17 heavy (non-hydrogen) atoms. The smallest absolute Gasteiger partial charge is 0.301 e. The van der Waals surface area contributed by atoms with Crippen LogP contribution in [0.5, 0.6) is 0 Å². The van der Waals surface area contributed by atoms with Gasteiger partial charge < -0.3 is 4.79 Å². The molecule has 1 aromatic heterocycles. The number of carbonyl (C=O) groups excluding carboxylic acids is 1.